The van der Waals surface area contributed by atoms with Gasteiger partial charge in [0.2, 0.25) is 0 Å². The number of nitrogens with one attached hydrogen (secondary N) is 2. The Kier molecular flexibility index (Phi) is 3.68. The van der Waals surface area contributed by atoms with Crippen molar-refractivity contribution in [3.63, 3.8) is 0 Å². The monoisotopic (exact) mass is 210 g/mol. The highest BCUT2D eigenvalue weighted by Gasteiger charge is 2.38. The standard InChI is InChI=1S/C13H26N2/c1-11(2)13(7-5-9-15-13)10-12-6-3-4-8-14-12/h11-12,14-15H,3-10H2,1-2H3. The van der Waals surface area contributed by atoms with Gasteiger partial charge in [0, 0.05) is 11.6 Å². The molecule has 0 aromatic rings. The largest absolute Gasteiger partial charge is 0.314 e. The van der Waals surface area contributed by atoms with Crippen LogP contribution in [0.25, 0.3) is 0 Å². The predicted molar refractivity (Wildman–Crippen MR) is 65.1 cm³/mol. The summed E-state index contributed by atoms with van der Waals surface area (Å²) in [5.74, 6) is 0.767. The topological polar surface area (TPSA) is 24.1 Å². The third-order valence-corrected chi connectivity index (χ3v) is 4.40. The molecule has 2 fully saturated rings. The zero-order valence-corrected chi connectivity index (χ0v) is 10.3. The van der Waals surface area contributed by atoms with E-state index in [4.69, 9.17) is 0 Å². The van der Waals surface area contributed by atoms with Crippen molar-refractivity contribution in [1.82, 2.24) is 10.6 Å². The van der Waals surface area contributed by atoms with E-state index in [1.165, 1.54) is 51.6 Å². The van der Waals surface area contributed by atoms with Crippen LogP contribution >= 0.6 is 0 Å². The Morgan fingerprint density at radius 3 is 2.60 bits per heavy atom. The maximum Gasteiger partial charge on any atom is 0.0219 e. The summed E-state index contributed by atoms with van der Waals surface area (Å²) < 4.78 is 0. The molecule has 0 radical (unpaired) electrons. The summed E-state index contributed by atoms with van der Waals surface area (Å²) in [6.45, 7) is 7.21. The average molecular weight is 210 g/mol. The molecule has 0 aliphatic carbocycles. The average Bonchev–Trinajstić information content (AvgIpc) is 2.69. The molecule has 2 atom stereocenters. The number of hydrogen-bond acceptors (Lipinski definition) is 2. The highest BCUT2D eigenvalue weighted by Crippen LogP contribution is 2.33. The van der Waals surface area contributed by atoms with Crippen molar-refractivity contribution in [3.05, 3.63) is 0 Å². The molecule has 2 heteroatoms. The number of piperidine rings is 1. The second-order valence-corrected chi connectivity index (χ2v) is 5.69. The third kappa shape index (κ3) is 2.54. The second-order valence-electron chi connectivity index (χ2n) is 5.69. The fourth-order valence-corrected chi connectivity index (χ4v) is 3.27. The normalized spacial score (nSPS) is 37.4. The second kappa shape index (κ2) is 4.84. The van der Waals surface area contributed by atoms with Gasteiger partial charge < -0.3 is 10.6 Å². The Balaban J connectivity index is 1.93. The van der Waals surface area contributed by atoms with Gasteiger partial charge in [-0.05, 0) is 51.1 Å². The zero-order chi connectivity index (χ0) is 10.7. The maximum absolute atomic E-state index is 3.78. The Morgan fingerprint density at radius 2 is 2.07 bits per heavy atom. The lowest BCUT2D eigenvalue weighted by Crippen LogP contribution is -2.50. The molecular formula is C13H26N2. The molecule has 88 valence electrons. The summed E-state index contributed by atoms with van der Waals surface area (Å²) in [4.78, 5) is 0. The van der Waals surface area contributed by atoms with Crippen molar-refractivity contribution in [1.29, 1.82) is 0 Å². The van der Waals surface area contributed by atoms with E-state index in [0.29, 0.717) is 5.54 Å². The van der Waals surface area contributed by atoms with Crippen molar-refractivity contribution in [2.75, 3.05) is 13.1 Å². The highest BCUT2D eigenvalue weighted by atomic mass is 15.0. The Bertz CT molecular complexity index is 189. The summed E-state index contributed by atoms with van der Waals surface area (Å²) in [6, 6.07) is 0.770. The Morgan fingerprint density at radius 1 is 1.20 bits per heavy atom. The van der Waals surface area contributed by atoms with E-state index >= 15 is 0 Å². The van der Waals surface area contributed by atoms with E-state index in [1.807, 2.05) is 0 Å². The van der Waals surface area contributed by atoms with E-state index in [-0.39, 0.29) is 0 Å². The lowest BCUT2D eigenvalue weighted by molar-refractivity contribution is 0.207. The van der Waals surface area contributed by atoms with Gasteiger partial charge in [-0.3, -0.25) is 0 Å². The van der Waals surface area contributed by atoms with Gasteiger partial charge in [0.15, 0.2) is 0 Å². The molecule has 2 heterocycles. The summed E-state index contributed by atoms with van der Waals surface area (Å²) in [5.41, 5.74) is 0.439. The lowest BCUT2D eigenvalue weighted by Gasteiger charge is -2.38. The van der Waals surface area contributed by atoms with Gasteiger partial charge in [0.05, 0.1) is 0 Å². The zero-order valence-electron chi connectivity index (χ0n) is 10.3. The molecule has 2 unspecified atom stereocenters. The van der Waals surface area contributed by atoms with Gasteiger partial charge in [-0.1, -0.05) is 20.3 Å². The minimum Gasteiger partial charge on any atom is -0.314 e. The van der Waals surface area contributed by atoms with E-state index < -0.39 is 0 Å². The van der Waals surface area contributed by atoms with Gasteiger partial charge in [-0.2, -0.15) is 0 Å². The van der Waals surface area contributed by atoms with Crippen LogP contribution in [-0.4, -0.2) is 24.7 Å². The van der Waals surface area contributed by atoms with Crippen molar-refractivity contribution in [2.45, 2.75) is 64.0 Å². The summed E-state index contributed by atoms with van der Waals surface area (Å²) in [7, 11) is 0. The summed E-state index contributed by atoms with van der Waals surface area (Å²) in [5, 5.41) is 7.46. The van der Waals surface area contributed by atoms with Gasteiger partial charge in [0.1, 0.15) is 0 Å². The Labute approximate surface area is 94.2 Å². The van der Waals surface area contributed by atoms with Crippen LogP contribution in [0.2, 0.25) is 0 Å². The van der Waals surface area contributed by atoms with Crippen molar-refractivity contribution in [2.24, 2.45) is 5.92 Å². The third-order valence-electron chi connectivity index (χ3n) is 4.40. The van der Waals surface area contributed by atoms with Crippen molar-refractivity contribution < 1.29 is 0 Å². The lowest BCUT2D eigenvalue weighted by atomic mass is 9.78. The van der Waals surface area contributed by atoms with E-state index in [0.717, 1.165) is 12.0 Å². The predicted octanol–water partition coefficient (Wildman–Crippen LogP) is 2.30. The molecule has 2 aliphatic rings. The minimum absolute atomic E-state index is 0.439. The first kappa shape index (κ1) is 11.4. The molecule has 15 heavy (non-hydrogen) atoms. The van der Waals surface area contributed by atoms with Crippen LogP contribution < -0.4 is 10.6 Å². The molecule has 2 N–H and O–H groups in total. The maximum atomic E-state index is 3.78. The molecule has 2 aliphatic heterocycles. The quantitative estimate of drug-likeness (QED) is 0.747. The van der Waals surface area contributed by atoms with Crippen LogP contribution in [-0.2, 0) is 0 Å². The minimum atomic E-state index is 0.439. The SMILES string of the molecule is CC(C)C1(CC2CCCCN2)CCCN1. The van der Waals surface area contributed by atoms with Crippen LogP contribution in [0.5, 0.6) is 0 Å². The molecule has 0 aromatic carbocycles. The van der Waals surface area contributed by atoms with Gasteiger partial charge in [-0.15, -0.1) is 0 Å². The number of hydrogen-bond donors (Lipinski definition) is 2. The molecule has 0 bridgehead atoms. The fraction of sp³-hybridized carbons (Fsp3) is 1.00. The van der Waals surface area contributed by atoms with Crippen LogP contribution in [0.3, 0.4) is 0 Å². The molecule has 2 rings (SSSR count). The Hall–Kier alpha value is -0.0800. The summed E-state index contributed by atoms with van der Waals surface area (Å²) in [6.07, 6.45) is 8.26. The van der Waals surface area contributed by atoms with Crippen LogP contribution in [0, 0.1) is 5.92 Å². The first-order valence-electron chi connectivity index (χ1n) is 6.71. The van der Waals surface area contributed by atoms with Gasteiger partial charge >= 0.3 is 0 Å². The molecule has 2 saturated heterocycles. The smallest absolute Gasteiger partial charge is 0.0219 e. The van der Waals surface area contributed by atoms with Crippen molar-refractivity contribution >= 4 is 0 Å². The van der Waals surface area contributed by atoms with Crippen LogP contribution in [0.1, 0.15) is 52.4 Å². The van der Waals surface area contributed by atoms with Gasteiger partial charge in [0.25, 0.3) is 0 Å². The first-order chi connectivity index (χ1) is 7.23. The summed E-state index contributed by atoms with van der Waals surface area (Å²) >= 11 is 0. The van der Waals surface area contributed by atoms with Crippen LogP contribution in [0.4, 0.5) is 0 Å². The molecular weight excluding hydrogens is 184 g/mol. The van der Waals surface area contributed by atoms with E-state index in [2.05, 4.69) is 24.5 Å². The molecule has 0 saturated carbocycles. The van der Waals surface area contributed by atoms with Crippen LogP contribution in [0.15, 0.2) is 0 Å². The van der Waals surface area contributed by atoms with E-state index in [9.17, 15) is 0 Å². The highest BCUT2D eigenvalue weighted by molar-refractivity contribution is 4.98. The molecule has 0 spiro atoms. The molecule has 0 aromatic heterocycles. The fourth-order valence-electron chi connectivity index (χ4n) is 3.27. The van der Waals surface area contributed by atoms with E-state index in [1.54, 1.807) is 0 Å². The molecule has 0 amide bonds. The number of rotatable bonds is 3. The van der Waals surface area contributed by atoms with Gasteiger partial charge in [-0.25, -0.2) is 0 Å². The molecule has 2 nitrogen and oxygen atoms in total. The van der Waals surface area contributed by atoms with Crippen molar-refractivity contribution in [3.8, 4) is 0 Å². The first-order valence-corrected chi connectivity index (χ1v) is 6.71.